The molecule has 0 bridgehead atoms. The highest BCUT2D eigenvalue weighted by Gasteiger charge is 1.96. The van der Waals surface area contributed by atoms with Gasteiger partial charge in [0.1, 0.15) is 10.0 Å². The van der Waals surface area contributed by atoms with Crippen LogP contribution in [0.3, 0.4) is 0 Å². The molecular formula is C5H2ClNOS. The summed E-state index contributed by atoms with van der Waals surface area (Å²) in [4.78, 5) is 13.0. The van der Waals surface area contributed by atoms with E-state index < -0.39 is 0 Å². The quantitative estimate of drug-likeness (QED) is 0.457. The Morgan fingerprint density at radius 1 is 1.78 bits per heavy atom. The van der Waals surface area contributed by atoms with Gasteiger partial charge in [0.15, 0.2) is 0 Å². The van der Waals surface area contributed by atoms with Gasteiger partial charge in [-0.15, -0.1) is 11.3 Å². The molecule has 0 spiro atoms. The maximum Gasteiger partial charge on any atom is 0.240 e. The Balaban J connectivity index is 3.07. The lowest BCUT2D eigenvalue weighted by atomic mass is 10.6. The van der Waals surface area contributed by atoms with E-state index in [2.05, 4.69) is 4.99 Å². The fourth-order valence-corrected chi connectivity index (χ4v) is 1.22. The van der Waals surface area contributed by atoms with Gasteiger partial charge in [0.2, 0.25) is 6.08 Å². The molecule has 2 nitrogen and oxygen atoms in total. The standard InChI is InChI=1S/C5H2ClNOS/c6-5-4(7-3-8)1-2-9-5/h1-2H. The summed E-state index contributed by atoms with van der Waals surface area (Å²) < 4.78 is 0.526. The lowest BCUT2D eigenvalue weighted by molar-refractivity contribution is 0.565. The lowest BCUT2D eigenvalue weighted by Gasteiger charge is -1.77. The maximum atomic E-state index is 9.68. The average molecular weight is 160 g/mol. The van der Waals surface area contributed by atoms with E-state index in [1.54, 1.807) is 11.4 Å². The van der Waals surface area contributed by atoms with Crippen LogP contribution in [0.4, 0.5) is 5.69 Å². The molecule has 4 heteroatoms. The van der Waals surface area contributed by atoms with E-state index in [9.17, 15) is 4.79 Å². The molecule has 0 amide bonds. The second-order valence-electron chi connectivity index (χ2n) is 1.28. The summed E-state index contributed by atoms with van der Waals surface area (Å²) in [6.45, 7) is 0. The summed E-state index contributed by atoms with van der Waals surface area (Å²) in [6, 6.07) is 1.66. The van der Waals surface area contributed by atoms with Crippen LogP contribution in [0.15, 0.2) is 16.4 Å². The molecule has 1 rings (SSSR count). The molecule has 0 atom stereocenters. The zero-order valence-electron chi connectivity index (χ0n) is 4.30. The van der Waals surface area contributed by atoms with E-state index in [4.69, 9.17) is 11.6 Å². The zero-order chi connectivity index (χ0) is 6.69. The minimum absolute atomic E-state index is 0.497. The monoisotopic (exact) mass is 159 g/mol. The second-order valence-corrected chi connectivity index (χ2v) is 2.80. The number of halogens is 1. The Bertz CT molecular complexity index is 251. The molecule has 0 aliphatic heterocycles. The molecule has 1 heterocycles. The fourth-order valence-electron chi connectivity index (χ4n) is 0.414. The number of nitrogens with zero attached hydrogens (tertiary/aromatic N) is 1. The van der Waals surface area contributed by atoms with E-state index in [1.165, 1.54) is 17.4 Å². The van der Waals surface area contributed by atoms with Crippen molar-refractivity contribution in [2.24, 2.45) is 4.99 Å². The SMILES string of the molecule is O=C=Nc1ccsc1Cl. The zero-order valence-corrected chi connectivity index (χ0v) is 5.87. The molecule has 1 aromatic rings. The fraction of sp³-hybridized carbons (Fsp3) is 0. The lowest BCUT2D eigenvalue weighted by Crippen LogP contribution is -1.51. The van der Waals surface area contributed by atoms with Crippen molar-refractivity contribution in [3.63, 3.8) is 0 Å². The van der Waals surface area contributed by atoms with Crippen LogP contribution in [0.25, 0.3) is 0 Å². The summed E-state index contributed by atoms with van der Waals surface area (Å²) in [5.74, 6) is 0. The minimum Gasteiger partial charge on any atom is -0.211 e. The number of hydrogen-bond donors (Lipinski definition) is 0. The molecule has 0 aliphatic rings. The predicted molar refractivity (Wildman–Crippen MR) is 37.1 cm³/mol. The molecule has 1 aromatic heterocycles. The van der Waals surface area contributed by atoms with Crippen LogP contribution in [0.5, 0.6) is 0 Å². The van der Waals surface area contributed by atoms with Crippen LogP contribution in [0.2, 0.25) is 4.34 Å². The van der Waals surface area contributed by atoms with Gasteiger partial charge in [-0.1, -0.05) is 11.6 Å². The summed E-state index contributed by atoms with van der Waals surface area (Å²) in [5, 5.41) is 1.76. The molecule has 0 saturated carbocycles. The van der Waals surface area contributed by atoms with Crippen LogP contribution in [-0.4, -0.2) is 6.08 Å². The van der Waals surface area contributed by atoms with Gasteiger partial charge in [-0.05, 0) is 11.4 Å². The molecule has 0 aromatic carbocycles. The topological polar surface area (TPSA) is 29.4 Å². The first-order valence-electron chi connectivity index (χ1n) is 2.15. The maximum absolute atomic E-state index is 9.68. The van der Waals surface area contributed by atoms with Crippen molar-refractivity contribution in [2.45, 2.75) is 0 Å². The minimum atomic E-state index is 0.497. The number of thiophene rings is 1. The molecule has 0 aliphatic carbocycles. The third-order valence-corrected chi connectivity index (χ3v) is 1.91. The van der Waals surface area contributed by atoms with Crippen molar-refractivity contribution in [3.05, 3.63) is 15.8 Å². The summed E-state index contributed by atoms with van der Waals surface area (Å²) in [5.41, 5.74) is 0.497. The average Bonchev–Trinajstić information content (AvgIpc) is 2.18. The summed E-state index contributed by atoms with van der Waals surface area (Å²) in [6.07, 6.45) is 1.41. The van der Waals surface area contributed by atoms with Gasteiger partial charge < -0.3 is 0 Å². The van der Waals surface area contributed by atoms with Crippen molar-refractivity contribution in [1.29, 1.82) is 0 Å². The molecule has 9 heavy (non-hydrogen) atoms. The Morgan fingerprint density at radius 3 is 3.00 bits per heavy atom. The summed E-state index contributed by atoms with van der Waals surface area (Å²) in [7, 11) is 0. The molecule has 0 radical (unpaired) electrons. The normalized spacial score (nSPS) is 8.56. The van der Waals surface area contributed by atoms with Crippen LogP contribution in [0, 0.1) is 0 Å². The molecule has 0 saturated heterocycles. The molecule has 46 valence electrons. The Kier molecular flexibility index (Phi) is 2.01. The summed E-state index contributed by atoms with van der Waals surface area (Å²) >= 11 is 6.90. The van der Waals surface area contributed by atoms with Crippen LogP contribution in [0.1, 0.15) is 0 Å². The van der Waals surface area contributed by atoms with Gasteiger partial charge in [-0.2, -0.15) is 4.99 Å². The third kappa shape index (κ3) is 1.39. The van der Waals surface area contributed by atoms with Crippen molar-refractivity contribution < 1.29 is 4.79 Å². The smallest absolute Gasteiger partial charge is 0.211 e. The first-order valence-corrected chi connectivity index (χ1v) is 3.41. The number of hydrogen-bond acceptors (Lipinski definition) is 3. The largest absolute Gasteiger partial charge is 0.240 e. The van der Waals surface area contributed by atoms with Gasteiger partial charge in [0.05, 0.1) is 0 Å². The number of isocyanates is 1. The number of carbonyl (C=O) groups excluding carboxylic acids is 1. The highest BCUT2D eigenvalue weighted by molar-refractivity contribution is 7.15. The molecular weight excluding hydrogens is 158 g/mol. The van der Waals surface area contributed by atoms with Crippen molar-refractivity contribution in [2.75, 3.05) is 0 Å². The van der Waals surface area contributed by atoms with Crippen molar-refractivity contribution >= 4 is 34.7 Å². The Morgan fingerprint density at radius 2 is 2.56 bits per heavy atom. The Hall–Kier alpha value is -0.630. The van der Waals surface area contributed by atoms with Crippen molar-refractivity contribution in [1.82, 2.24) is 0 Å². The van der Waals surface area contributed by atoms with E-state index in [0.717, 1.165) is 0 Å². The molecule has 0 fully saturated rings. The third-order valence-electron chi connectivity index (χ3n) is 0.765. The van der Waals surface area contributed by atoms with Crippen molar-refractivity contribution in [3.8, 4) is 0 Å². The molecule has 0 unspecified atom stereocenters. The van der Waals surface area contributed by atoms with Gasteiger partial charge in [0.25, 0.3) is 0 Å². The predicted octanol–water partition coefficient (Wildman–Crippen LogP) is 2.37. The highest BCUT2D eigenvalue weighted by Crippen LogP contribution is 2.29. The first kappa shape index (κ1) is 6.49. The van der Waals surface area contributed by atoms with Gasteiger partial charge in [-0.3, -0.25) is 0 Å². The molecule has 0 N–H and O–H groups in total. The van der Waals surface area contributed by atoms with Gasteiger partial charge >= 0.3 is 0 Å². The van der Waals surface area contributed by atoms with E-state index in [0.29, 0.717) is 10.0 Å². The van der Waals surface area contributed by atoms with Crippen LogP contribution < -0.4 is 0 Å². The van der Waals surface area contributed by atoms with E-state index in [-0.39, 0.29) is 0 Å². The van der Waals surface area contributed by atoms with Crippen LogP contribution >= 0.6 is 22.9 Å². The number of aliphatic imine (C=N–C) groups is 1. The Labute approximate surface area is 60.8 Å². The first-order chi connectivity index (χ1) is 4.34. The van der Waals surface area contributed by atoms with E-state index >= 15 is 0 Å². The second kappa shape index (κ2) is 2.78. The number of rotatable bonds is 1. The van der Waals surface area contributed by atoms with Crippen LogP contribution in [-0.2, 0) is 4.79 Å². The van der Waals surface area contributed by atoms with Gasteiger partial charge in [-0.25, -0.2) is 4.79 Å². The van der Waals surface area contributed by atoms with Gasteiger partial charge in [0, 0.05) is 0 Å². The highest BCUT2D eigenvalue weighted by atomic mass is 35.5. The van der Waals surface area contributed by atoms with E-state index in [1.807, 2.05) is 0 Å².